The van der Waals surface area contributed by atoms with E-state index in [4.69, 9.17) is 0 Å². The topological polar surface area (TPSA) is 24.9 Å². The van der Waals surface area contributed by atoms with Crippen LogP contribution in [0.1, 0.15) is 42.1 Å². The zero-order chi connectivity index (χ0) is 9.97. The Labute approximate surface area is 89.8 Å². The molecule has 1 fully saturated rings. The number of aryl methyl sites for hydroxylation is 1. The highest BCUT2D eigenvalue weighted by molar-refractivity contribution is 7.11. The number of thiazole rings is 1. The van der Waals surface area contributed by atoms with Crippen LogP contribution in [0.3, 0.4) is 0 Å². The van der Waals surface area contributed by atoms with E-state index in [9.17, 15) is 0 Å². The molecule has 1 aliphatic rings. The van der Waals surface area contributed by atoms with Gasteiger partial charge in [0, 0.05) is 17.1 Å². The van der Waals surface area contributed by atoms with Gasteiger partial charge in [-0.05, 0) is 25.8 Å². The largest absolute Gasteiger partial charge is 0.309 e. The third-order valence-corrected chi connectivity index (χ3v) is 3.73. The normalized spacial score (nSPS) is 18.4. The third-order valence-electron chi connectivity index (χ3n) is 2.70. The Hall–Kier alpha value is -0.410. The number of hydrogen-bond acceptors (Lipinski definition) is 3. The molecule has 0 amide bonds. The summed E-state index contributed by atoms with van der Waals surface area (Å²) in [6, 6.07) is 0.554. The summed E-state index contributed by atoms with van der Waals surface area (Å²) in [7, 11) is 0. The van der Waals surface area contributed by atoms with Crippen LogP contribution < -0.4 is 5.32 Å². The molecule has 2 nitrogen and oxygen atoms in total. The summed E-state index contributed by atoms with van der Waals surface area (Å²) in [5, 5.41) is 4.73. The van der Waals surface area contributed by atoms with Crippen molar-refractivity contribution in [2.75, 3.05) is 6.54 Å². The summed E-state index contributed by atoms with van der Waals surface area (Å²) in [6.45, 7) is 5.30. The second kappa shape index (κ2) is 4.41. The molecule has 2 rings (SSSR count). The molecule has 78 valence electrons. The molecule has 1 unspecified atom stereocenters. The molecule has 0 saturated heterocycles. The van der Waals surface area contributed by atoms with Gasteiger partial charge in [0.15, 0.2) is 0 Å². The molecule has 1 saturated carbocycles. The summed E-state index contributed by atoms with van der Waals surface area (Å²) in [4.78, 5) is 5.74. The minimum absolute atomic E-state index is 0.554. The monoisotopic (exact) mass is 210 g/mol. The first-order valence-electron chi connectivity index (χ1n) is 5.45. The first-order chi connectivity index (χ1) is 6.79. The average molecular weight is 210 g/mol. The van der Waals surface area contributed by atoms with Crippen molar-refractivity contribution in [3.05, 3.63) is 16.1 Å². The minimum Gasteiger partial charge on any atom is -0.309 e. The summed E-state index contributed by atoms with van der Waals surface area (Å²) >= 11 is 1.83. The molecule has 1 aromatic rings. The third kappa shape index (κ3) is 2.55. The first-order valence-corrected chi connectivity index (χ1v) is 6.27. The number of aromatic nitrogens is 1. The van der Waals surface area contributed by atoms with Gasteiger partial charge in [0.2, 0.25) is 0 Å². The lowest BCUT2D eigenvalue weighted by Gasteiger charge is -2.15. The Bertz CT molecular complexity index is 291. The highest BCUT2D eigenvalue weighted by atomic mass is 32.1. The Kier molecular flexibility index (Phi) is 3.19. The van der Waals surface area contributed by atoms with Crippen molar-refractivity contribution >= 4 is 11.3 Å². The van der Waals surface area contributed by atoms with Crippen molar-refractivity contribution in [2.24, 2.45) is 5.92 Å². The van der Waals surface area contributed by atoms with Crippen LogP contribution in [-0.4, -0.2) is 11.5 Å². The molecule has 1 N–H and O–H groups in total. The van der Waals surface area contributed by atoms with Crippen molar-refractivity contribution in [1.29, 1.82) is 0 Å². The van der Waals surface area contributed by atoms with E-state index in [0.29, 0.717) is 6.04 Å². The number of nitrogens with zero attached hydrogens (tertiary/aromatic N) is 1. The van der Waals surface area contributed by atoms with Crippen molar-refractivity contribution in [3.8, 4) is 0 Å². The molecule has 3 heteroatoms. The van der Waals surface area contributed by atoms with Gasteiger partial charge in [-0.15, -0.1) is 11.3 Å². The van der Waals surface area contributed by atoms with E-state index in [1.807, 2.05) is 17.5 Å². The molecule has 0 aliphatic heterocycles. The standard InChI is InChI=1S/C11H18N2S/c1-3-12-10(6-9-4-5-9)11-7-13-8(2)14-11/h7,9-10,12H,3-6H2,1-2H3. The molecule has 1 aliphatic carbocycles. The van der Waals surface area contributed by atoms with Gasteiger partial charge >= 0.3 is 0 Å². The zero-order valence-electron chi connectivity index (χ0n) is 8.92. The van der Waals surface area contributed by atoms with Crippen LogP contribution in [0.4, 0.5) is 0 Å². The van der Waals surface area contributed by atoms with Gasteiger partial charge in [0.05, 0.1) is 5.01 Å². The Balaban J connectivity index is 2.00. The first kappa shape index (κ1) is 10.1. The van der Waals surface area contributed by atoms with Gasteiger partial charge in [-0.1, -0.05) is 19.8 Å². The lowest BCUT2D eigenvalue weighted by molar-refractivity contribution is 0.493. The van der Waals surface area contributed by atoms with Crippen LogP contribution in [0.15, 0.2) is 6.20 Å². The SMILES string of the molecule is CCNC(CC1CC1)c1cnc(C)s1. The fourth-order valence-corrected chi connectivity index (χ4v) is 2.65. The van der Waals surface area contributed by atoms with E-state index in [0.717, 1.165) is 12.5 Å². The van der Waals surface area contributed by atoms with Gasteiger partial charge < -0.3 is 5.32 Å². The van der Waals surface area contributed by atoms with Gasteiger partial charge in [-0.25, -0.2) is 4.98 Å². The molecular formula is C11H18N2S. The molecule has 1 aromatic heterocycles. The van der Waals surface area contributed by atoms with E-state index in [2.05, 4.69) is 24.1 Å². The van der Waals surface area contributed by atoms with Crippen LogP contribution in [0.5, 0.6) is 0 Å². The second-order valence-corrected chi connectivity index (χ2v) is 5.34. The van der Waals surface area contributed by atoms with Crippen LogP contribution in [0, 0.1) is 12.8 Å². The fourth-order valence-electron chi connectivity index (χ4n) is 1.77. The van der Waals surface area contributed by atoms with Crippen molar-refractivity contribution < 1.29 is 0 Å². The lowest BCUT2D eigenvalue weighted by Crippen LogP contribution is -2.20. The fraction of sp³-hybridized carbons (Fsp3) is 0.727. The zero-order valence-corrected chi connectivity index (χ0v) is 9.73. The second-order valence-electron chi connectivity index (χ2n) is 4.07. The average Bonchev–Trinajstić information content (AvgIpc) is 2.87. The van der Waals surface area contributed by atoms with Gasteiger partial charge in [-0.2, -0.15) is 0 Å². The van der Waals surface area contributed by atoms with E-state index in [-0.39, 0.29) is 0 Å². The molecule has 14 heavy (non-hydrogen) atoms. The van der Waals surface area contributed by atoms with E-state index in [1.165, 1.54) is 29.1 Å². The molecule has 1 heterocycles. The summed E-state index contributed by atoms with van der Waals surface area (Å²) in [6.07, 6.45) is 6.20. The van der Waals surface area contributed by atoms with Gasteiger partial charge in [0.1, 0.15) is 0 Å². The van der Waals surface area contributed by atoms with Gasteiger partial charge in [0.25, 0.3) is 0 Å². The quantitative estimate of drug-likeness (QED) is 0.808. The maximum atomic E-state index is 4.33. The van der Waals surface area contributed by atoms with E-state index < -0.39 is 0 Å². The van der Waals surface area contributed by atoms with Crippen molar-refractivity contribution in [1.82, 2.24) is 10.3 Å². The Morgan fingerprint density at radius 1 is 1.64 bits per heavy atom. The van der Waals surface area contributed by atoms with Crippen LogP contribution in [0.25, 0.3) is 0 Å². The Morgan fingerprint density at radius 2 is 2.43 bits per heavy atom. The highest BCUT2D eigenvalue weighted by Crippen LogP contribution is 2.38. The summed E-state index contributed by atoms with van der Waals surface area (Å²) in [5.41, 5.74) is 0. The minimum atomic E-state index is 0.554. The number of nitrogens with one attached hydrogen (secondary N) is 1. The molecule has 0 radical (unpaired) electrons. The van der Waals surface area contributed by atoms with Crippen LogP contribution >= 0.6 is 11.3 Å². The summed E-state index contributed by atoms with van der Waals surface area (Å²) < 4.78 is 0. The molecule has 0 bridgehead atoms. The smallest absolute Gasteiger partial charge is 0.0897 e. The maximum absolute atomic E-state index is 4.33. The molecule has 0 spiro atoms. The molecular weight excluding hydrogens is 192 g/mol. The van der Waals surface area contributed by atoms with Crippen molar-refractivity contribution in [2.45, 2.75) is 39.2 Å². The van der Waals surface area contributed by atoms with E-state index in [1.54, 1.807) is 0 Å². The van der Waals surface area contributed by atoms with Crippen molar-refractivity contribution in [3.63, 3.8) is 0 Å². The number of rotatable bonds is 5. The van der Waals surface area contributed by atoms with E-state index >= 15 is 0 Å². The predicted octanol–water partition coefficient (Wildman–Crippen LogP) is 2.90. The summed E-state index contributed by atoms with van der Waals surface area (Å²) in [5.74, 6) is 0.974. The maximum Gasteiger partial charge on any atom is 0.0897 e. The van der Waals surface area contributed by atoms with Crippen LogP contribution in [0.2, 0.25) is 0 Å². The molecule has 0 aromatic carbocycles. The van der Waals surface area contributed by atoms with Gasteiger partial charge in [-0.3, -0.25) is 0 Å². The lowest BCUT2D eigenvalue weighted by atomic mass is 10.1. The Morgan fingerprint density at radius 3 is 2.93 bits per heavy atom. The predicted molar refractivity (Wildman–Crippen MR) is 60.6 cm³/mol. The molecule has 1 atom stereocenters. The number of hydrogen-bond donors (Lipinski definition) is 1. The highest BCUT2D eigenvalue weighted by Gasteiger charge is 2.26. The van der Waals surface area contributed by atoms with Crippen LogP contribution in [-0.2, 0) is 0 Å².